The van der Waals surface area contributed by atoms with Crippen LogP contribution in [-0.4, -0.2) is 52.4 Å². The molecular formula is C20H23N4O3S+. The Kier molecular flexibility index (Phi) is 5.78. The maximum absolute atomic E-state index is 12.8. The Morgan fingerprint density at radius 3 is 2.68 bits per heavy atom. The van der Waals surface area contributed by atoms with Crippen LogP contribution in [0.15, 0.2) is 62.8 Å². The number of hydrogen-bond acceptors (Lipinski definition) is 6. The molecule has 3 heterocycles. The van der Waals surface area contributed by atoms with Gasteiger partial charge in [0.2, 0.25) is 5.91 Å². The third kappa shape index (κ3) is 4.45. The van der Waals surface area contributed by atoms with Gasteiger partial charge in [-0.3, -0.25) is 4.79 Å². The number of carbonyl (C=O) groups excluding carboxylic acids is 1. The number of aromatic nitrogens is 2. The average Bonchev–Trinajstić information content (AvgIpc) is 3.40. The lowest BCUT2D eigenvalue weighted by Crippen LogP contribution is -3.13. The number of furan rings is 1. The molecule has 1 saturated heterocycles. The molecule has 0 radical (unpaired) electrons. The molecule has 0 spiro atoms. The number of amides is 1. The van der Waals surface area contributed by atoms with Crippen molar-refractivity contribution in [3.63, 3.8) is 0 Å². The van der Waals surface area contributed by atoms with E-state index in [0.29, 0.717) is 16.9 Å². The van der Waals surface area contributed by atoms with Crippen LogP contribution >= 0.6 is 11.8 Å². The Labute approximate surface area is 167 Å². The van der Waals surface area contributed by atoms with E-state index in [1.54, 1.807) is 18.4 Å². The third-order valence-electron chi connectivity index (χ3n) is 4.84. The average molecular weight is 399 g/mol. The van der Waals surface area contributed by atoms with E-state index in [9.17, 15) is 4.79 Å². The van der Waals surface area contributed by atoms with Crippen LogP contribution in [0.25, 0.3) is 11.7 Å². The van der Waals surface area contributed by atoms with Crippen LogP contribution in [0.2, 0.25) is 0 Å². The molecule has 4 rings (SSSR count). The van der Waals surface area contributed by atoms with Crippen molar-refractivity contribution in [3.8, 4) is 11.7 Å². The summed E-state index contributed by atoms with van der Waals surface area (Å²) in [5.74, 6) is 0.961. The summed E-state index contributed by atoms with van der Waals surface area (Å²) in [6, 6.07) is 14.0. The number of thioether (sulfide) groups is 1. The second-order valence-corrected chi connectivity index (χ2v) is 8.14. The molecule has 3 aromatic rings. The highest BCUT2D eigenvalue weighted by Gasteiger charge is 2.28. The quantitative estimate of drug-likeness (QED) is 0.637. The van der Waals surface area contributed by atoms with Crippen LogP contribution in [0.3, 0.4) is 0 Å². The minimum absolute atomic E-state index is 0.113. The van der Waals surface area contributed by atoms with Crippen molar-refractivity contribution in [2.24, 2.45) is 0 Å². The minimum Gasteiger partial charge on any atom is -0.459 e. The monoisotopic (exact) mass is 399 g/mol. The van der Waals surface area contributed by atoms with Crippen LogP contribution in [0.1, 0.15) is 12.5 Å². The molecule has 1 aliphatic rings. The molecule has 1 amide bonds. The van der Waals surface area contributed by atoms with E-state index in [-0.39, 0.29) is 11.2 Å². The number of piperazine rings is 1. The molecule has 1 N–H and O–H groups in total. The highest BCUT2D eigenvalue weighted by Crippen LogP contribution is 2.27. The van der Waals surface area contributed by atoms with E-state index in [0.717, 1.165) is 32.7 Å². The first kappa shape index (κ1) is 18.8. The van der Waals surface area contributed by atoms with E-state index in [1.807, 2.05) is 17.9 Å². The van der Waals surface area contributed by atoms with Gasteiger partial charge in [0.15, 0.2) is 5.76 Å². The lowest BCUT2D eigenvalue weighted by Gasteiger charge is -2.33. The Balaban J connectivity index is 1.28. The van der Waals surface area contributed by atoms with Crippen LogP contribution in [0, 0.1) is 0 Å². The zero-order valence-electron chi connectivity index (χ0n) is 15.7. The fourth-order valence-corrected chi connectivity index (χ4v) is 4.09. The molecule has 7 nitrogen and oxygen atoms in total. The van der Waals surface area contributed by atoms with E-state index in [2.05, 4.69) is 34.5 Å². The lowest BCUT2D eigenvalue weighted by atomic mass is 10.2. The second-order valence-electron chi connectivity index (χ2n) is 6.85. The van der Waals surface area contributed by atoms with Crippen molar-refractivity contribution in [2.45, 2.75) is 23.9 Å². The van der Waals surface area contributed by atoms with Crippen molar-refractivity contribution < 1.29 is 18.5 Å². The maximum Gasteiger partial charge on any atom is 0.284 e. The largest absolute Gasteiger partial charge is 0.459 e. The van der Waals surface area contributed by atoms with Gasteiger partial charge >= 0.3 is 0 Å². The minimum atomic E-state index is -0.277. The Hall–Kier alpha value is -2.58. The normalized spacial score (nSPS) is 16.2. The SMILES string of the molecule is C[C@H](Sc1nnc(-c2ccco2)o1)C(=O)N1CC[NH+](Cc2ccccc2)CC1. The number of rotatable bonds is 6. The summed E-state index contributed by atoms with van der Waals surface area (Å²) in [6.07, 6.45) is 1.55. The predicted octanol–water partition coefficient (Wildman–Crippen LogP) is 1.74. The van der Waals surface area contributed by atoms with Crippen molar-refractivity contribution in [1.29, 1.82) is 0 Å². The summed E-state index contributed by atoms with van der Waals surface area (Å²) in [5.41, 5.74) is 1.34. The van der Waals surface area contributed by atoms with Crippen LogP contribution < -0.4 is 4.90 Å². The third-order valence-corrected chi connectivity index (χ3v) is 5.76. The van der Waals surface area contributed by atoms with Gasteiger partial charge in [-0.15, -0.1) is 10.2 Å². The molecule has 1 fully saturated rings. The predicted molar refractivity (Wildman–Crippen MR) is 105 cm³/mol. The van der Waals surface area contributed by atoms with Gasteiger partial charge in [-0.05, 0) is 19.1 Å². The zero-order chi connectivity index (χ0) is 19.3. The second kappa shape index (κ2) is 8.62. The van der Waals surface area contributed by atoms with Crippen LogP contribution in [0.4, 0.5) is 0 Å². The Morgan fingerprint density at radius 1 is 1.18 bits per heavy atom. The summed E-state index contributed by atoms with van der Waals surface area (Å²) in [6.45, 7) is 6.35. The van der Waals surface area contributed by atoms with E-state index in [4.69, 9.17) is 8.83 Å². The van der Waals surface area contributed by atoms with Gasteiger partial charge in [0.25, 0.3) is 11.1 Å². The highest BCUT2D eigenvalue weighted by molar-refractivity contribution is 8.00. The van der Waals surface area contributed by atoms with Crippen molar-refractivity contribution in [2.75, 3.05) is 26.2 Å². The molecule has 146 valence electrons. The van der Waals surface area contributed by atoms with Gasteiger partial charge in [0, 0.05) is 5.56 Å². The van der Waals surface area contributed by atoms with Gasteiger partial charge in [0.1, 0.15) is 6.54 Å². The fourth-order valence-electron chi connectivity index (χ4n) is 3.32. The number of hydrogen-bond donors (Lipinski definition) is 1. The first-order chi connectivity index (χ1) is 13.7. The molecule has 1 aliphatic heterocycles. The maximum atomic E-state index is 12.8. The summed E-state index contributed by atoms with van der Waals surface area (Å²) < 4.78 is 10.8. The molecule has 1 atom stereocenters. The van der Waals surface area contributed by atoms with E-state index < -0.39 is 0 Å². The zero-order valence-corrected chi connectivity index (χ0v) is 16.5. The molecule has 8 heteroatoms. The Bertz CT molecular complexity index is 889. The van der Waals surface area contributed by atoms with Crippen molar-refractivity contribution in [1.82, 2.24) is 15.1 Å². The number of quaternary nitrogens is 1. The smallest absolute Gasteiger partial charge is 0.284 e. The summed E-state index contributed by atoms with van der Waals surface area (Å²) >= 11 is 1.29. The number of benzene rings is 1. The molecule has 28 heavy (non-hydrogen) atoms. The topological polar surface area (TPSA) is 76.8 Å². The molecule has 1 aromatic carbocycles. The van der Waals surface area contributed by atoms with Gasteiger partial charge in [-0.25, -0.2) is 0 Å². The summed E-state index contributed by atoms with van der Waals surface area (Å²) in [5, 5.41) is 8.08. The van der Waals surface area contributed by atoms with E-state index in [1.165, 1.54) is 22.2 Å². The summed E-state index contributed by atoms with van der Waals surface area (Å²) in [7, 11) is 0. The molecular weight excluding hydrogens is 376 g/mol. The molecule has 0 bridgehead atoms. The Morgan fingerprint density at radius 2 is 1.96 bits per heavy atom. The first-order valence-electron chi connectivity index (χ1n) is 9.39. The van der Waals surface area contributed by atoms with Gasteiger partial charge in [-0.1, -0.05) is 42.1 Å². The molecule has 0 unspecified atom stereocenters. The first-order valence-corrected chi connectivity index (χ1v) is 10.3. The van der Waals surface area contributed by atoms with Crippen LogP contribution in [0.5, 0.6) is 0 Å². The van der Waals surface area contributed by atoms with Crippen molar-refractivity contribution in [3.05, 3.63) is 54.3 Å². The fraction of sp³-hybridized carbons (Fsp3) is 0.350. The number of carbonyl (C=O) groups is 1. The van der Waals surface area contributed by atoms with E-state index >= 15 is 0 Å². The standard InChI is InChI=1S/C20H22N4O3S/c1-15(28-20-22-21-18(27-20)17-8-5-13-26-17)19(25)24-11-9-23(10-12-24)14-16-6-3-2-4-7-16/h2-8,13,15H,9-12,14H2,1H3/p+1/t15-/m0/s1. The molecule has 2 aromatic heterocycles. The summed E-state index contributed by atoms with van der Waals surface area (Å²) in [4.78, 5) is 16.2. The van der Waals surface area contributed by atoms with Gasteiger partial charge in [-0.2, -0.15) is 0 Å². The van der Waals surface area contributed by atoms with Gasteiger partial charge < -0.3 is 18.6 Å². The highest BCUT2D eigenvalue weighted by atomic mass is 32.2. The number of nitrogens with one attached hydrogen (secondary N) is 1. The molecule has 0 saturated carbocycles. The van der Waals surface area contributed by atoms with Crippen LogP contribution in [-0.2, 0) is 11.3 Å². The lowest BCUT2D eigenvalue weighted by molar-refractivity contribution is -0.917. The number of nitrogens with zero attached hydrogens (tertiary/aromatic N) is 3. The molecule has 0 aliphatic carbocycles. The van der Waals surface area contributed by atoms with Crippen molar-refractivity contribution >= 4 is 17.7 Å². The van der Waals surface area contributed by atoms with Gasteiger partial charge in [0.05, 0.1) is 37.7 Å².